The molecule has 2 aliphatic heterocycles. The van der Waals surface area contributed by atoms with Crippen molar-refractivity contribution in [2.24, 2.45) is 23.7 Å². The molecule has 1 amide bonds. The molecule has 0 spiro atoms. The van der Waals surface area contributed by atoms with Crippen molar-refractivity contribution in [2.45, 2.75) is 65.6 Å². The Morgan fingerprint density at radius 1 is 0.804 bits per heavy atom. The Morgan fingerprint density at radius 3 is 1.82 bits per heavy atom. The molecule has 3 N–H and O–H groups in total. The average molecular weight is 752 g/mol. The number of carboxylic acids is 1. The molecule has 18 nitrogen and oxygen atoms in total. The molecule has 2 saturated heterocycles. The van der Waals surface area contributed by atoms with Crippen LogP contribution in [0.15, 0.2) is 30.9 Å². The third-order valence-electron chi connectivity index (χ3n) is 11.5. The Kier molecular flexibility index (Phi) is 9.95. The van der Waals surface area contributed by atoms with E-state index in [4.69, 9.17) is 10.7 Å². The van der Waals surface area contributed by atoms with Gasteiger partial charge in [-0.2, -0.15) is 0 Å². The monoisotopic (exact) mass is 751 g/mol. The van der Waals surface area contributed by atoms with Gasteiger partial charge in [0.15, 0.2) is 5.69 Å². The van der Waals surface area contributed by atoms with E-state index in [1.807, 2.05) is 33.0 Å². The summed E-state index contributed by atoms with van der Waals surface area (Å²) >= 11 is 0. The van der Waals surface area contributed by atoms with Gasteiger partial charge in [0.2, 0.25) is 11.9 Å². The summed E-state index contributed by atoms with van der Waals surface area (Å²) in [5, 5.41) is 29.3. The number of nitrogens with one attached hydrogen (secondary N) is 1. The summed E-state index contributed by atoms with van der Waals surface area (Å²) in [6.45, 7) is 10.9. The van der Waals surface area contributed by atoms with E-state index >= 15 is 0 Å². The van der Waals surface area contributed by atoms with Gasteiger partial charge < -0.3 is 30.8 Å². The van der Waals surface area contributed by atoms with E-state index in [9.17, 15) is 14.7 Å². The predicted octanol–water partition coefficient (Wildman–Crippen LogP) is -2.17. The first-order valence-electron chi connectivity index (χ1n) is 18.8. The zero-order valence-corrected chi connectivity index (χ0v) is 32.0. The van der Waals surface area contributed by atoms with Crippen molar-refractivity contribution in [3.63, 3.8) is 0 Å². The van der Waals surface area contributed by atoms with Gasteiger partial charge in [0.25, 0.3) is 5.91 Å². The first kappa shape index (κ1) is 37.5. The molecule has 19 heteroatoms. The van der Waals surface area contributed by atoms with Crippen LogP contribution in [0.4, 0.5) is 17.7 Å². The average Bonchev–Trinajstić information content (AvgIpc) is 3.62. The molecule has 5 aromatic rings. The van der Waals surface area contributed by atoms with Crippen molar-refractivity contribution in [1.29, 1.82) is 0 Å². The molecule has 5 aromatic heterocycles. The molecule has 0 radical (unpaired) electrons. The molecule has 3 aliphatic carbocycles. The number of hydrogen-bond acceptors (Lipinski definition) is 15. The first-order valence-corrected chi connectivity index (χ1v) is 18.8. The van der Waals surface area contributed by atoms with Crippen LogP contribution in [0.1, 0.15) is 85.6 Å². The molecule has 0 aromatic carbocycles. The minimum atomic E-state index is -1.33. The standard InChI is InChI=1S/C23H27N9O.C14H16N6O2.Li/c1-12-5-18-17(21(24)26-12)3-4-19(18)28-22(33)20-11-32(30-29-20)10-16-7-25-23(27-13(16)2)31-8-14-6-15(14)9-31;1-8-11(6-20-7-12(13(21)22)17-18-20)3-15-14(16-8)19-4-9-2-10(9)5-19;/h5,7,11,14-15,19H,3-4,6,8-10H2,1-2H3,(H2,24,26)(H,28,33);3,7,9-10H,2,4-6H2,1H3,(H,21,22);/q;;+1/p-1/t14?,15?,19-;;/m1../s1. The topological polar surface area (TPSA) is 228 Å². The van der Waals surface area contributed by atoms with Crippen molar-refractivity contribution in [2.75, 3.05) is 41.7 Å². The molecule has 10 rings (SSSR count). The van der Waals surface area contributed by atoms with E-state index in [0.717, 1.165) is 114 Å². The number of aromatic carboxylic acids is 1. The number of carboxylic acid groups (broad SMARTS) is 1. The van der Waals surface area contributed by atoms with E-state index in [0.29, 0.717) is 18.9 Å². The normalized spacial score (nSPS) is 22.4. The maximum absolute atomic E-state index is 12.8. The van der Waals surface area contributed by atoms with Gasteiger partial charge in [0, 0.05) is 66.8 Å². The molecule has 7 heterocycles. The number of anilines is 3. The molecule has 0 bridgehead atoms. The van der Waals surface area contributed by atoms with Crippen LogP contribution in [0.3, 0.4) is 0 Å². The summed E-state index contributed by atoms with van der Waals surface area (Å²) in [5.74, 6) is 3.91. The Hall–Kier alpha value is -5.47. The first-order chi connectivity index (χ1) is 26.5. The minimum Gasteiger partial charge on any atom is -0.543 e. The van der Waals surface area contributed by atoms with Crippen molar-refractivity contribution >= 4 is 29.6 Å². The molecule has 56 heavy (non-hydrogen) atoms. The van der Waals surface area contributed by atoms with Gasteiger partial charge in [-0.05, 0) is 87.3 Å². The van der Waals surface area contributed by atoms with Gasteiger partial charge in [-0.3, -0.25) is 4.79 Å². The van der Waals surface area contributed by atoms with Gasteiger partial charge >= 0.3 is 18.9 Å². The fraction of sp³-hybridized carbons (Fsp3) is 0.486. The van der Waals surface area contributed by atoms with E-state index < -0.39 is 5.97 Å². The van der Waals surface area contributed by atoms with Crippen LogP contribution in [0.2, 0.25) is 0 Å². The third-order valence-corrected chi connectivity index (χ3v) is 11.5. The largest absolute Gasteiger partial charge is 1.00 e. The second-order valence-electron chi connectivity index (χ2n) is 15.6. The number of carbonyl (C=O) groups is 2. The fourth-order valence-corrected chi connectivity index (χ4v) is 8.16. The third kappa shape index (κ3) is 7.67. The van der Waals surface area contributed by atoms with Gasteiger partial charge in [-0.1, -0.05) is 10.4 Å². The van der Waals surface area contributed by atoms with E-state index in [1.165, 1.54) is 23.7 Å². The summed E-state index contributed by atoms with van der Waals surface area (Å²) in [4.78, 5) is 50.7. The Bertz CT molecular complexity index is 2290. The summed E-state index contributed by atoms with van der Waals surface area (Å²) in [5.41, 5.74) is 12.7. The molecule has 2 saturated carbocycles. The zero-order chi connectivity index (χ0) is 38.0. The van der Waals surface area contributed by atoms with Gasteiger partial charge in [-0.15, -0.1) is 10.2 Å². The number of nitrogens with zero attached hydrogens (tertiary/aromatic N) is 13. The number of fused-ring (bicyclic) bond motifs is 3. The van der Waals surface area contributed by atoms with E-state index in [2.05, 4.69) is 55.7 Å². The number of hydrogen-bond donors (Lipinski definition) is 2. The molecular formula is C37H42LiN15O3. The number of carbonyl (C=O) groups excluding carboxylic acids is 2. The summed E-state index contributed by atoms with van der Waals surface area (Å²) in [7, 11) is 0. The SMILES string of the molecule is Cc1cc2c(c(N)n1)CC[C@H]2NC(=O)c1cn(Cc2cnc(N3CC4CC4C3)nc2C)nn1.Cc1nc(N2CC3CC3C2)ncc1Cn1cc(C(=O)[O-])nn1.[Li+]. The molecule has 4 unspecified atom stereocenters. The Labute approximate surface area is 334 Å². The van der Waals surface area contributed by atoms with Crippen LogP contribution in [0.5, 0.6) is 0 Å². The molecule has 5 aliphatic rings. The maximum Gasteiger partial charge on any atom is 1.00 e. The maximum atomic E-state index is 12.8. The number of pyridine rings is 1. The van der Waals surface area contributed by atoms with Crippen LogP contribution >= 0.6 is 0 Å². The summed E-state index contributed by atoms with van der Waals surface area (Å²) in [6, 6.07) is 1.90. The second-order valence-corrected chi connectivity index (χ2v) is 15.6. The Morgan fingerprint density at radius 2 is 1.32 bits per heavy atom. The molecule has 284 valence electrons. The zero-order valence-electron chi connectivity index (χ0n) is 32.0. The summed E-state index contributed by atoms with van der Waals surface area (Å²) < 4.78 is 3.10. The number of aromatic nitrogens is 11. The number of aryl methyl sites for hydroxylation is 3. The molecular weight excluding hydrogens is 709 g/mol. The van der Waals surface area contributed by atoms with Crippen molar-refractivity contribution < 1.29 is 33.6 Å². The summed E-state index contributed by atoms with van der Waals surface area (Å²) in [6.07, 6.45) is 11.0. The second kappa shape index (κ2) is 14.9. The van der Waals surface area contributed by atoms with Crippen LogP contribution in [-0.2, 0) is 19.5 Å². The number of nitrogen functional groups attached to an aromatic ring is 1. The Balaban J connectivity index is 0.000000167. The van der Waals surface area contributed by atoms with Gasteiger partial charge in [-0.25, -0.2) is 34.3 Å². The molecule has 4 fully saturated rings. The van der Waals surface area contributed by atoms with Crippen LogP contribution in [0.25, 0.3) is 0 Å². The smallest absolute Gasteiger partial charge is 0.543 e. The van der Waals surface area contributed by atoms with Crippen LogP contribution in [0, 0.1) is 44.4 Å². The minimum absolute atomic E-state index is 0. The van der Waals surface area contributed by atoms with Crippen LogP contribution < -0.4 is 44.8 Å². The van der Waals surface area contributed by atoms with Gasteiger partial charge in [0.05, 0.1) is 37.5 Å². The quantitative estimate of drug-likeness (QED) is 0.153. The fourth-order valence-electron chi connectivity index (χ4n) is 8.16. The van der Waals surface area contributed by atoms with Crippen LogP contribution in [-0.4, -0.2) is 93.0 Å². The van der Waals surface area contributed by atoms with Crippen molar-refractivity contribution in [3.05, 3.63) is 81.6 Å². The number of amides is 1. The van der Waals surface area contributed by atoms with Crippen molar-refractivity contribution in [1.82, 2.24) is 60.2 Å². The van der Waals surface area contributed by atoms with Crippen molar-refractivity contribution in [3.8, 4) is 0 Å². The van der Waals surface area contributed by atoms with E-state index in [1.54, 1.807) is 17.1 Å². The number of piperidine rings is 2. The predicted molar refractivity (Wildman–Crippen MR) is 196 cm³/mol. The number of nitrogens with two attached hydrogens (primary N) is 1. The van der Waals surface area contributed by atoms with E-state index in [-0.39, 0.29) is 42.2 Å². The molecule has 5 atom stereocenters. The van der Waals surface area contributed by atoms with Gasteiger partial charge in [0.1, 0.15) is 11.5 Å². The number of rotatable bonds is 9.